The molecule has 0 saturated heterocycles. The van der Waals surface area contributed by atoms with Crippen LogP contribution in [-0.4, -0.2) is 25.6 Å². The van der Waals surface area contributed by atoms with Gasteiger partial charge in [0.2, 0.25) is 10.0 Å². The summed E-state index contributed by atoms with van der Waals surface area (Å²) >= 11 is 0. The van der Waals surface area contributed by atoms with Crippen molar-refractivity contribution in [2.24, 2.45) is 0 Å². The Morgan fingerprint density at radius 3 is 2.31 bits per heavy atom. The van der Waals surface area contributed by atoms with Gasteiger partial charge in [0.05, 0.1) is 10.3 Å². The van der Waals surface area contributed by atoms with Crippen molar-refractivity contribution in [2.45, 2.75) is 38.6 Å². The summed E-state index contributed by atoms with van der Waals surface area (Å²) in [6, 6.07) is 3.02. The smallest absolute Gasteiger partial charge is 0.322 e. The average molecular weight is 430 g/mol. The summed E-state index contributed by atoms with van der Waals surface area (Å²) in [6.07, 6.45) is 1.17. The molecule has 0 saturated carbocycles. The van der Waals surface area contributed by atoms with Crippen LogP contribution in [0.15, 0.2) is 54.7 Å². The van der Waals surface area contributed by atoms with Gasteiger partial charge in [-0.05, 0) is 51.5 Å². The number of hydrogen-bond acceptors (Lipinski definition) is 3. The van der Waals surface area contributed by atoms with Crippen molar-refractivity contribution in [3.05, 3.63) is 65.8 Å². The molecular weight excluding hydrogens is 405 g/mol. The van der Waals surface area contributed by atoms with Gasteiger partial charge in [-0.1, -0.05) is 30.9 Å². The molecule has 0 spiro atoms. The molecule has 1 aromatic rings. The van der Waals surface area contributed by atoms with Gasteiger partial charge in [-0.3, -0.25) is 4.79 Å². The second kappa shape index (κ2) is 9.41. The SMILES string of the molecule is C=C/C=C(\C=C/CNS(=O)(=O)C(C)(C)C)C(=O)Nc1ccc(C(F)(F)F)cc1C. The zero-order chi connectivity index (χ0) is 22.5. The molecule has 0 bridgehead atoms. The van der Waals surface area contributed by atoms with Gasteiger partial charge >= 0.3 is 6.18 Å². The molecule has 0 unspecified atom stereocenters. The number of aryl methyl sites for hydroxylation is 1. The highest BCUT2D eigenvalue weighted by Crippen LogP contribution is 2.31. The van der Waals surface area contributed by atoms with E-state index >= 15 is 0 Å². The fourth-order valence-corrected chi connectivity index (χ4v) is 2.82. The zero-order valence-corrected chi connectivity index (χ0v) is 17.5. The summed E-state index contributed by atoms with van der Waals surface area (Å²) in [6.45, 7) is 9.62. The number of sulfonamides is 1. The Hall–Kier alpha value is -2.39. The van der Waals surface area contributed by atoms with E-state index in [2.05, 4.69) is 16.6 Å². The van der Waals surface area contributed by atoms with Crippen molar-refractivity contribution in [3.63, 3.8) is 0 Å². The lowest BCUT2D eigenvalue weighted by Gasteiger charge is -2.18. The van der Waals surface area contributed by atoms with Crippen molar-refractivity contribution in [2.75, 3.05) is 11.9 Å². The number of carbonyl (C=O) groups is 1. The Morgan fingerprint density at radius 2 is 1.83 bits per heavy atom. The van der Waals surface area contributed by atoms with Gasteiger partial charge in [0.1, 0.15) is 0 Å². The van der Waals surface area contributed by atoms with E-state index in [0.29, 0.717) is 0 Å². The molecule has 160 valence electrons. The summed E-state index contributed by atoms with van der Waals surface area (Å²) in [7, 11) is -3.53. The minimum atomic E-state index is -4.47. The third-order valence-electron chi connectivity index (χ3n) is 3.86. The number of hydrogen-bond donors (Lipinski definition) is 2. The molecule has 1 aromatic carbocycles. The molecule has 0 radical (unpaired) electrons. The maximum Gasteiger partial charge on any atom is 0.416 e. The van der Waals surface area contributed by atoms with Crippen LogP contribution in [0.5, 0.6) is 0 Å². The molecule has 0 aromatic heterocycles. The van der Waals surface area contributed by atoms with E-state index in [1.807, 2.05) is 0 Å². The summed E-state index contributed by atoms with van der Waals surface area (Å²) in [5.74, 6) is -0.567. The number of halogens is 3. The number of nitrogens with one attached hydrogen (secondary N) is 2. The molecule has 9 heteroatoms. The maximum absolute atomic E-state index is 12.8. The van der Waals surface area contributed by atoms with Crippen LogP contribution in [0.2, 0.25) is 0 Å². The van der Waals surface area contributed by atoms with Crippen molar-refractivity contribution < 1.29 is 26.4 Å². The standard InChI is InChI=1S/C20H25F3N2O3S/c1-6-8-15(9-7-12-24-29(27,28)19(3,4)5)18(26)25-17-11-10-16(13-14(17)2)20(21,22)23/h6-11,13,24H,1,12H2,2-5H3,(H,25,26)/b9-7-,15-8+. The van der Waals surface area contributed by atoms with Crippen LogP contribution in [0.4, 0.5) is 18.9 Å². The first-order valence-electron chi connectivity index (χ1n) is 8.66. The predicted octanol–water partition coefficient (Wildman–Crippen LogP) is 4.34. The highest BCUT2D eigenvalue weighted by molar-refractivity contribution is 7.90. The minimum Gasteiger partial charge on any atom is -0.322 e. The van der Waals surface area contributed by atoms with Crippen LogP contribution in [0.25, 0.3) is 0 Å². The molecular formula is C20H25F3N2O3S. The second-order valence-electron chi connectivity index (χ2n) is 7.21. The Morgan fingerprint density at radius 1 is 1.21 bits per heavy atom. The quantitative estimate of drug-likeness (QED) is 0.499. The maximum atomic E-state index is 12.8. The lowest BCUT2D eigenvalue weighted by atomic mass is 10.1. The topological polar surface area (TPSA) is 75.3 Å². The van der Waals surface area contributed by atoms with Gasteiger partial charge in [0, 0.05) is 17.8 Å². The van der Waals surface area contributed by atoms with Crippen molar-refractivity contribution >= 4 is 21.6 Å². The number of carbonyl (C=O) groups excluding carboxylic acids is 1. The van der Waals surface area contributed by atoms with Gasteiger partial charge in [0.15, 0.2) is 0 Å². The molecule has 0 aliphatic heterocycles. The highest BCUT2D eigenvalue weighted by Gasteiger charge is 2.30. The molecule has 0 fully saturated rings. The largest absolute Gasteiger partial charge is 0.416 e. The van der Waals surface area contributed by atoms with E-state index in [1.165, 1.54) is 37.3 Å². The summed E-state index contributed by atoms with van der Waals surface area (Å²) in [5, 5.41) is 2.54. The Labute approximate surface area is 169 Å². The average Bonchev–Trinajstić information content (AvgIpc) is 2.57. The van der Waals surface area contributed by atoms with Crippen LogP contribution in [0.1, 0.15) is 31.9 Å². The van der Waals surface area contributed by atoms with Crippen LogP contribution >= 0.6 is 0 Å². The lowest BCUT2D eigenvalue weighted by molar-refractivity contribution is -0.137. The molecule has 1 amide bonds. The number of alkyl halides is 3. The molecule has 2 N–H and O–H groups in total. The van der Waals surface area contributed by atoms with Gasteiger partial charge < -0.3 is 5.32 Å². The number of allylic oxidation sites excluding steroid dienone is 2. The molecule has 0 atom stereocenters. The van der Waals surface area contributed by atoms with E-state index < -0.39 is 32.4 Å². The monoisotopic (exact) mass is 430 g/mol. The first-order chi connectivity index (χ1) is 13.2. The van der Waals surface area contributed by atoms with Gasteiger partial charge in [0.25, 0.3) is 5.91 Å². The summed E-state index contributed by atoms with van der Waals surface area (Å²) in [5.41, 5.74) is -0.150. The molecule has 1 rings (SSSR count). The van der Waals surface area contributed by atoms with Crippen LogP contribution in [-0.2, 0) is 21.0 Å². The second-order valence-corrected chi connectivity index (χ2v) is 9.73. The van der Waals surface area contributed by atoms with Crippen LogP contribution in [0, 0.1) is 6.92 Å². The fraction of sp³-hybridized carbons (Fsp3) is 0.350. The Balaban J connectivity index is 2.89. The van der Waals surface area contributed by atoms with E-state index in [4.69, 9.17) is 0 Å². The van der Waals surface area contributed by atoms with Crippen molar-refractivity contribution in [1.82, 2.24) is 4.72 Å². The third-order valence-corrected chi connectivity index (χ3v) is 6.02. The highest BCUT2D eigenvalue weighted by atomic mass is 32.2. The lowest BCUT2D eigenvalue weighted by Crippen LogP contribution is -2.39. The van der Waals surface area contributed by atoms with Crippen LogP contribution in [0.3, 0.4) is 0 Å². The van der Waals surface area contributed by atoms with Crippen molar-refractivity contribution in [3.8, 4) is 0 Å². The van der Waals surface area contributed by atoms with Gasteiger partial charge in [-0.25, -0.2) is 13.1 Å². The van der Waals surface area contributed by atoms with E-state index in [1.54, 1.807) is 20.8 Å². The first kappa shape index (κ1) is 24.6. The number of amides is 1. The minimum absolute atomic E-state index is 0.0271. The zero-order valence-electron chi connectivity index (χ0n) is 16.7. The first-order valence-corrected chi connectivity index (χ1v) is 10.1. The fourth-order valence-electron chi connectivity index (χ4n) is 2.07. The normalized spacial score (nSPS) is 13.6. The van der Waals surface area contributed by atoms with Gasteiger partial charge in [-0.15, -0.1) is 0 Å². The molecule has 0 aliphatic carbocycles. The number of anilines is 1. The molecule has 0 heterocycles. The predicted molar refractivity (Wildman–Crippen MR) is 109 cm³/mol. The Bertz CT molecular complexity index is 925. The van der Waals surface area contributed by atoms with E-state index in [9.17, 15) is 26.4 Å². The summed E-state index contributed by atoms with van der Waals surface area (Å²) in [4.78, 5) is 12.4. The third kappa shape index (κ3) is 7.17. The van der Waals surface area contributed by atoms with E-state index in [0.717, 1.165) is 12.1 Å². The number of rotatable bonds is 7. The van der Waals surface area contributed by atoms with Crippen molar-refractivity contribution in [1.29, 1.82) is 0 Å². The molecule has 5 nitrogen and oxygen atoms in total. The van der Waals surface area contributed by atoms with Crippen LogP contribution < -0.4 is 10.0 Å². The number of benzene rings is 1. The van der Waals surface area contributed by atoms with E-state index in [-0.39, 0.29) is 23.4 Å². The molecule has 29 heavy (non-hydrogen) atoms. The molecule has 0 aliphatic rings. The Kier molecular flexibility index (Phi) is 7.99. The summed E-state index contributed by atoms with van der Waals surface area (Å²) < 4.78 is 63.7. The van der Waals surface area contributed by atoms with Gasteiger partial charge in [-0.2, -0.15) is 13.2 Å².